The lowest BCUT2D eigenvalue weighted by atomic mass is 10.3. The second kappa shape index (κ2) is 7.51. The first-order chi connectivity index (χ1) is 10.9. The van der Waals surface area contributed by atoms with Gasteiger partial charge in [0.15, 0.2) is 0 Å². The number of amides is 2. The summed E-state index contributed by atoms with van der Waals surface area (Å²) in [6.45, 7) is 1.59. The molecular weight excluding hydrogens is 320 g/mol. The fraction of sp³-hybridized carbons (Fsp3) is 0.500. The molecule has 0 radical (unpaired) electrons. The van der Waals surface area contributed by atoms with Crippen LogP contribution >= 0.6 is 0 Å². The summed E-state index contributed by atoms with van der Waals surface area (Å²) in [6.07, 6.45) is 3.41. The van der Waals surface area contributed by atoms with E-state index in [1.54, 1.807) is 34.2 Å². The van der Waals surface area contributed by atoms with Gasteiger partial charge in [-0.1, -0.05) is 6.07 Å². The highest BCUT2D eigenvalue weighted by Crippen LogP contribution is 2.08. The quantitative estimate of drug-likeness (QED) is 0.629. The van der Waals surface area contributed by atoms with Gasteiger partial charge in [-0.05, 0) is 12.1 Å². The number of nitrogens with zero attached hydrogens (tertiary/aromatic N) is 4. The Morgan fingerprint density at radius 1 is 1.30 bits per heavy atom. The predicted octanol–water partition coefficient (Wildman–Crippen LogP) is -0.856. The molecule has 2 rings (SSSR count). The van der Waals surface area contributed by atoms with E-state index in [2.05, 4.69) is 4.98 Å². The van der Waals surface area contributed by atoms with Gasteiger partial charge in [-0.25, -0.2) is 8.42 Å². The van der Waals surface area contributed by atoms with E-state index in [4.69, 9.17) is 0 Å². The zero-order chi connectivity index (χ0) is 16.9. The zero-order valence-corrected chi connectivity index (χ0v) is 13.8. The summed E-state index contributed by atoms with van der Waals surface area (Å²) < 4.78 is 25.0. The third kappa shape index (κ3) is 5.00. The number of carbonyl (C=O) groups is 2. The van der Waals surface area contributed by atoms with Gasteiger partial charge in [0, 0.05) is 32.4 Å². The van der Waals surface area contributed by atoms with E-state index in [-0.39, 0.29) is 19.0 Å². The molecule has 0 unspecified atom stereocenters. The highest BCUT2D eigenvalue weighted by molar-refractivity contribution is 7.88. The van der Waals surface area contributed by atoms with Crippen molar-refractivity contribution in [2.45, 2.75) is 6.54 Å². The summed E-state index contributed by atoms with van der Waals surface area (Å²) in [4.78, 5) is 30.3. The first-order valence-electron chi connectivity index (χ1n) is 7.22. The molecule has 0 atom stereocenters. The summed E-state index contributed by atoms with van der Waals surface area (Å²) in [7, 11) is -3.53. The number of hydrogen-bond acceptors (Lipinski definition) is 5. The highest BCUT2D eigenvalue weighted by Gasteiger charge is 2.26. The predicted molar refractivity (Wildman–Crippen MR) is 83.7 cm³/mol. The number of rotatable bonds is 6. The van der Waals surface area contributed by atoms with E-state index < -0.39 is 10.0 Å². The zero-order valence-electron chi connectivity index (χ0n) is 13.0. The van der Waals surface area contributed by atoms with Crippen molar-refractivity contribution < 1.29 is 18.0 Å². The molecule has 1 saturated heterocycles. The Hall–Kier alpha value is -2.00. The van der Waals surface area contributed by atoms with Crippen molar-refractivity contribution >= 4 is 22.3 Å². The summed E-state index contributed by atoms with van der Waals surface area (Å²) in [5, 5.41) is 0. The van der Waals surface area contributed by atoms with Crippen molar-refractivity contribution in [3.63, 3.8) is 0 Å². The molecule has 23 heavy (non-hydrogen) atoms. The molecule has 1 fully saturated rings. The summed E-state index contributed by atoms with van der Waals surface area (Å²) in [5.41, 5.74) is 0.580. The molecule has 1 aliphatic heterocycles. The maximum Gasteiger partial charge on any atom is 0.238 e. The topological polar surface area (TPSA) is 90.9 Å². The molecule has 0 aliphatic carbocycles. The van der Waals surface area contributed by atoms with Crippen LogP contribution in [0.5, 0.6) is 0 Å². The van der Waals surface area contributed by atoms with Crippen LogP contribution in [-0.2, 0) is 26.2 Å². The Kier molecular flexibility index (Phi) is 5.67. The van der Waals surface area contributed by atoms with Crippen molar-refractivity contribution in [2.24, 2.45) is 0 Å². The van der Waals surface area contributed by atoms with Gasteiger partial charge < -0.3 is 9.80 Å². The van der Waals surface area contributed by atoms with E-state index in [1.165, 1.54) is 0 Å². The number of carbonyl (C=O) groups excluding carboxylic acids is 2. The van der Waals surface area contributed by atoms with Crippen LogP contribution in [-0.4, -0.2) is 78.8 Å². The maximum atomic E-state index is 12.3. The van der Waals surface area contributed by atoms with Gasteiger partial charge in [0.2, 0.25) is 22.3 Å². The number of aromatic nitrogens is 1. The summed E-state index contributed by atoms with van der Waals surface area (Å²) in [6, 6.07) is 5.22. The Labute approximate surface area is 135 Å². The van der Waals surface area contributed by atoms with Gasteiger partial charge >= 0.3 is 0 Å². The van der Waals surface area contributed by atoms with Gasteiger partial charge in [0.25, 0.3) is 0 Å². The van der Waals surface area contributed by atoms with E-state index in [0.717, 1.165) is 17.0 Å². The van der Waals surface area contributed by atoms with Gasteiger partial charge in [0.1, 0.15) is 0 Å². The Morgan fingerprint density at radius 3 is 2.52 bits per heavy atom. The lowest BCUT2D eigenvalue weighted by molar-refractivity contribution is -0.135. The van der Waals surface area contributed by atoms with Crippen LogP contribution in [0.15, 0.2) is 24.4 Å². The highest BCUT2D eigenvalue weighted by atomic mass is 32.2. The SMILES string of the molecule is CS(=O)(=O)N(CC(=O)N1CCN(C=O)CC1)Cc1ccccn1. The van der Waals surface area contributed by atoms with Crippen molar-refractivity contribution in [3.8, 4) is 0 Å². The number of pyridine rings is 1. The maximum absolute atomic E-state index is 12.3. The third-order valence-corrected chi connectivity index (χ3v) is 4.86. The lowest BCUT2D eigenvalue weighted by Crippen LogP contribution is -2.51. The molecule has 0 aromatic carbocycles. The van der Waals surface area contributed by atoms with Crippen LogP contribution in [0.3, 0.4) is 0 Å². The molecule has 1 aliphatic rings. The Balaban J connectivity index is 2.01. The van der Waals surface area contributed by atoms with Crippen LogP contribution in [0.2, 0.25) is 0 Å². The molecular formula is C14H20N4O4S. The minimum atomic E-state index is -3.53. The molecule has 2 amide bonds. The number of piperazine rings is 1. The van der Waals surface area contributed by atoms with Crippen LogP contribution < -0.4 is 0 Å². The smallest absolute Gasteiger partial charge is 0.238 e. The van der Waals surface area contributed by atoms with E-state index >= 15 is 0 Å². The number of sulfonamides is 1. The molecule has 0 saturated carbocycles. The second-order valence-corrected chi connectivity index (χ2v) is 7.36. The van der Waals surface area contributed by atoms with E-state index in [0.29, 0.717) is 31.9 Å². The summed E-state index contributed by atoms with van der Waals surface area (Å²) >= 11 is 0. The number of hydrogen-bond donors (Lipinski definition) is 0. The third-order valence-electron chi connectivity index (χ3n) is 3.66. The van der Waals surface area contributed by atoms with Crippen LogP contribution in [0, 0.1) is 0 Å². The Bertz CT molecular complexity index is 642. The van der Waals surface area contributed by atoms with Crippen molar-refractivity contribution in [3.05, 3.63) is 30.1 Å². The molecule has 0 spiro atoms. The first-order valence-corrected chi connectivity index (χ1v) is 9.07. The van der Waals surface area contributed by atoms with E-state index in [9.17, 15) is 18.0 Å². The van der Waals surface area contributed by atoms with Gasteiger partial charge in [-0.3, -0.25) is 14.6 Å². The molecule has 2 heterocycles. The fourth-order valence-electron chi connectivity index (χ4n) is 2.29. The van der Waals surface area contributed by atoms with Crippen LogP contribution in [0.25, 0.3) is 0 Å². The van der Waals surface area contributed by atoms with Gasteiger partial charge in [0.05, 0.1) is 25.0 Å². The lowest BCUT2D eigenvalue weighted by Gasteiger charge is -2.33. The first kappa shape index (κ1) is 17.4. The van der Waals surface area contributed by atoms with Crippen molar-refractivity contribution in [1.82, 2.24) is 19.1 Å². The van der Waals surface area contributed by atoms with E-state index in [1.807, 2.05) is 0 Å². The minimum absolute atomic E-state index is 0.0553. The molecule has 126 valence electrons. The molecule has 1 aromatic heterocycles. The fourth-order valence-corrected chi connectivity index (χ4v) is 3.00. The van der Waals surface area contributed by atoms with Crippen molar-refractivity contribution in [1.29, 1.82) is 0 Å². The normalized spacial score (nSPS) is 15.7. The van der Waals surface area contributed by atoms with Crippen LogP contribution in [0.1, 0.15) is 5.69 Å². The molecule has 0 N–H and O–H groups in total. The molecule has 9 heteroatoms. The minimum Gasteiger partial charge on any atom is -0.342 e. The van der Waals surface area contributed by atoms with Crippen molar-refractivity contribution in [2.75, 3.05) is 39.0 Å². The summed E-state index contributed by atoms with van der Waals surface area (Å²) in [5.74, 6) is -0.267. The standard InChI is InChI=1S/C14H20N4O4S/c1-23(21,22)18(10-13-4-2-3-5-15-13)11-14(20)17-8-6-16(12-19)7-9-17/h2-5,12H,6-11H2,1H3. The largest absolute Gasteiger partial charge is 0.342 e. The molecule has 1 aromatic rings. The van der Waals surface area contributed by atoms with Crippen LogP contribution in [0.4, 0.5) is 0 Å². The monoisotopic (exact) mass is 340 g/mol. The van der Waals surface area contributed by atoms with Gasteiger partial charge in [-0.15, -0.1) is 0 Å². The molecule has 8 nitrogen and oxygen atoms in total. The average molecular weight is 340 g/mol. The molecule has 0 bridgehead atoms. The average Bonchev–Trinajstić information content (AvgIpc) is 2.54. The second-order valence-electron chi connectivity index (χ2n) is 5.37. The van der Waals surface area contributed by atoms with Gasteiger partial charge in [-0.2, -0.15) is 4.31 Å². The Morgan fingerprint density at radius 2 is 2.00 bits per heavy atom.